The van der Waals surface area contributed by atoms with Crippen molar-refractivity contribution in [2.75, 3.05) is 16.4 Å². The molecule has 2 amide bonds. The number of nitrogen functional groups attached to an aromatic ring is 1. The average molecular weight is 410 g/mol. The SMILES string of the molecule is Cc1ccc(NC(=O)c2nnn(CC(=O)Nc3ccc(C(C)C)cc3)c2N)cc1F. The second kappa shape index (κ2) is 8.73. The Morgan fingerprint density at radius 3 is 2.40 bits per heavy atom. The Morgan fingerprint density at radius 2 is 1.77 bits per heavy atom. The molecule has 0 aliphatic carbocycles. The Balaban J connectivity index is 1.64. The number of aromatic nitrogens is 3. The molecule has 9 heteroatoms. The quantitative estimate of drug-likeness (QED) is 0.577. The molecule has 0 spiro atoms. The minimum absolute atomic E-state index is 0.0645. The molecule has 3 rings (SSSR count). The minimum Gasteiger partial charge on any atom is -0.382 e. The summed E-state index contributed by atoms with van der Waals surface area (Å²) in [6.07, 6.45) is 0. The van der Waals surface area contributed by atoms with Crippen LogP contribution in [0.15, 0.2) is 42.5 Å². The summed E-state index contributed by atoms with van der Waals surface area (Å²) < 4.78 is 14.8. The number of aryl methyl sites for hydroxylation is 1. The smallest absolute Gasteiger partial charge is 0.280 e. The maximum Gasteiger partial charge on any atom is 0.280 e. The highest BCUT2D eigenvalue weighted by Gasteiger charge is 2.19. The second-order valence-corrected chi connectivity index (χ2v) is 7.22. The average Bonchev–Trinajstić information content (AvgIpc) is 3.05. The van der Waals surface area contributed by atoms with Crippen LogP contribution in [0.3, 0.4) is 0 Å². The molecule has 4 N–H and O–H groups in total. The third-order valence-corrected chi connectivity index (χ3v) is 4.57. The molecule has 8 nitrogen and oxygen atoms in total. The van der Waals surface area contributed by atoms with Crippen LogP contribution in [0.4, 0.5) is 21.6 Å². The molecule has 1 aromatic heterocycles. The zero-order valence-corrected chi connectivity index (χ0v) is 16.9. The van der Waals surface area contributed by atoms with E-state index in [1.54, 1.807) is 19.1 Å². The molecule has 0 radical (unpaired) electrons. The summed E-state index contributed by atoms with van der Waals surface area (Å²) in [4.78, 5) is 24.7. The first-order valence-corrected chi connectivity index (χ1v) is 9.41. The molecule has 0 saturated carbocycles. The van der Waals surface area contributed by atoms with Gasteiger partial charge in [-0.05, 0) is 48.2 Å². The molecule has 1 heterocycles. The fourth-order valence-corrected chi connectivity index (χ4v) is 2.75. The number of amides is 2. The van der Waals surface area contributed by atoms with Gasteiger partial charge in [0.05, 0.1) is 0 Å². The first-order valence-electron chi connectivity index (χ1n) is 9.41. The predicted octanol–water partition coefficient (Wildman–Crippen LogP) is 3.32. The lowest BCUT2D eigenvalue weighted by atomic mass is 10.0. The Kier molecular flexibility index (Phi) is 6.10. The molecular formula is C21H23FN6O2. The van der Waals surface area contributed by atoms with Crippen LogP contribution in [-0.4, -0.2) is 26.8 Å². The lowest BCUT2D eigenvalue weighted by molar-refractivity contribution is -0.116. The van der Waals surface area contributed by atoms with E-state index in [4.69, 9.17) is 5.73 Å². The van der Waals surface area contributed by atoms with E-state index < -0.39 is 11.7 Å². The number of nitrogens with zero attached hydrogens (tertiary/aromatic N) is 3. The van der Waals surface area contributed by atoms with Crippen molar-refractivity contribution in [1.82, 2.24) is 15.0 Å². The van der Waals surface area contributed by atoms with Crippen LogP contribution in [0.2, 0.25) is 0 Å². The van der Waals surface area contributed by atoms with E-state index in [0.29, 0.717) is 17.2 Å². The molecule has 0 aliphatic rings. The summed E-state index contributed by atoms with van der Waals surface area (Å²) in [5, 5.41) is 12.8. The van der Waals surface area contributed by atoms with Crippen LogP contribution in [0.25, 0.3) is 0 Å². The van der Waals surface area contributed by atoms with Gasteiger partial charge in [-0.3, -0.25) is 9.59 Å². The van der Waals surface area contributed by atoms with Gasteiger partial charge in [-0.15, -0.1) is 5.10 Å². The second-order valence-electron chi connectivity index (χ2n) is 7.22. The van der Waals surface area contributed by atoms with Crippen LogP contribution < -0.4 is 16.4 Å². The molecular weight excluding hydrogens is 387 g/mol. The largest absolute Gasteiger partial charge is 0.382 e. The van der Waals surface area contributed by atoms with Gasteiger partial charge in [0.15, 0.2) is 11.5 Å². The van der Waals surface area contributed by atoms with E-state index in [0.717, 1.165) is 10.2 Å². The van der Waals surface area contributed by atoms with Crippen LogP contribution in [0.1, 0.15) is 41.4 Å². The molecule has 0 atom stereocenters. The fourth-order valence-electron chi connectivity index (χ4n) is 2.75. The number of carbonyl (C=O) groups is 2. The number of anilines is 3. The molecule has 3 aromatic rings. The highest BCUT2D eigenvalue weighted by atomic mass is 19.1. The van der Waals surface area contributed by atoms with Crippen LogP contribution >= 0.6 is 0 Å². The van der Waals surface area contributed by atoms with Crippen molar-refractivity contribution in [2.24, 2.45) is 0 Å². The summed E-state index contributed by atoms with van der Waals surface area (Å²) in [5.41, 5.74) is 8.31. The van der Waals surface area contributed by atoms with E-state index in [-0.39, 0.29) is 29.7 Å². The first kappa shape index (κ1) is 21.0. The van der Waals surface area contributed by atoms with Crippen LogP contribution in [0, 0.1) is 12.7 Å². The van der Waals surface area contributed by atoms with Crippen molar-refractivity contribution in [3.05, 3.63) is 65.1 Å². The lowest BCUT2D eigenvalue weighted by Gasteiger charge is -2.09. The van der Waals surface area contributed by atoms with Gasteiger partial charge >= 0.3 is 0 Å². The standard InChI is InChI=1S/C21H23FN6O2/c1-12(2)14-5-8-15(9-6-14)24-18(29)11-28-20(23)19(26-27-28)21(30)25-16-7-4-13(3)17(22)10-16/h4-10,12H,11,23H2,1-3H3,(H,24,29)(H,25,30). The Hall–Kier alpha value is -3.75. The molecule has 0 unspecified atom stereocenters. The molecule has 30 heavy (non-hydrogen) atoms. The van der Waals surface area contributed by atoms with E-state index in [2.05, 4.69) is 34.8 Å². The summed E-state index contributed by atoms with van der Waals surface area (Å²) in [7, 11) is 0. The number of halogens is 1. The zero-order chi connectivity index (χ0) is 21.8. The normalized spacial score (nSPS) is 10.8. The Bertz CT molecular complexity index is 1080. The summed E-state index contributed by atoms with van der Waals surface area (Å²) in [6, 6.07) is 11.8. The molecule has 0 aliphatic heterocycles. The van der Waals surface area contributed by atoms with Gasteiger partial charge in [0.1, 0.15) is 12.4 Å². The Labute approximate surface area is 173 Å². The number of benzene rings is 2. The fraction of sp³-hybridized carbons (Fsp3) is 0.238. The van der Waals surface area contributed by atoms with Gasteiger partial charge in [0.25, 0.3) is 5.91 Å². The summed E-state index contributed by atoms with van der Waals surface area (Å²) in [5.74, 6) is -1.12. The van der Waals surface area contributed by atoms with Gasteiger partial charge in [-0.1, -0.05) is 37.3 Å². The minimum atomic E-state index is -0.647. The first-order chi connectivity index (χ1) is 14.2. The van der Waals surface area contributed by atoms with Gasteiger partial charge in [0.2, 0.25) is 5.91 Å². The summed E-state index contributed by atoms with van der Waals surface area (Å²) in [6.45, 7) is 5.58. The van der Waals surface area contributed by atoms with Gasteiger partial charge in [0, 0.05) is 11.4 Å². The highest BCUT2D eigenvalue weighted by Crippen LogP contribution is 2.18. The van der Waals surface area contributed by atoms with Crippen molar-refractivity contribution in [3.8, 4) is 0 Å². The lowest BCUT2D eigenvalue weighted by Crippen LogP contribution is -2.21. The number of nitrogens with one attached hydrogen (secondary N) is 2. The number of nitrogens with two attached hydrogens (primary N) is 1. The molecule has 0 saturated heterocycles. The Morgan fingerprint density at radius 1 is 1.10 bits per heavy atom. The van der Waals surface area contributed by atoms with Crippen molar-refractivity contribution >= 4 is 29.0 Å². The van der Waals surface area contributed by atoms with E-state index in [9.17, 15) is 14.0 Å². The number of hydrogen-bond acceptors (Lipinski definition) is 5. The molecule has 0 bridgehead atoms. The van der Waals surface area contributed by atoms with Crippen molar-refractivity contribution in [1.29, 1.82) is 0 Å². The third kappa shape index (κ3) is 4.80. The molecule has 0 fully saturated rings. The van der Waals surface area contributed by atoms with Gasteiger partial charge < -0.3 is 16.4 Å². The third-order valence-electron chi connectivity index (χ3n) is 4.57. The maximum absolute atomic E-state index is 13.6. The highest BCUT2D eigenvalue weighted by molar-refractivity contribution is 6.05. The van der Waals surface area contributed by atoms with Crippen LogP contribution in [-0.2, 0) is 11.3 Å². The number of hydrogen-bond donors (Lipinski definition) is 3. The zero-order valence-electron chi connectivity index (χ0n) is 16.9. The van der Waals surface area contributed by atoms with Crippen LogP contribution in [0.5, 0.6) is 0 Å². The van der Waals surface area contributed by atoms with Crippen molar-refractivity contribution in [3.63, 3.8) is 0 Å². The number of rotatable bonds is 6. The van der Waals surface area contributed by atoms with Gasteiger partial charge in [-0.25, -0.2) is 9.07 Å². The maximum atomic E-state index is 13.6. The van der Waals surface area contributed by atoms with Gasteiger partial charge in [-0.2, -0.15) is 0 Å². The van der Waals surface area contributed by atoms with Crippen molar-refractivity contribution < 1.29 is 14.0 Å². The van der Waals surface area contributed by atoms with E-state index >= 15 is 0 Å². The topological polar surface area (TPSA) is 115 Å². The van der Waals surface area contributed by atoms with Crippen molar-refractivity contribution in [2.45, 2.75) is 33.2 Å². The predicted molar refractivity (Wildman–Crippen MR) is 113 cm³/mol. The molecule has 156 valence electrons. The monoisotopic (exact) mass is 410 g/mol. The number of carbonyl (C=O) groups excluding carboxylic acids is 2. The summed E-state index contributed by atoms with van der Waals surface area (Å²) >= 11 is 0. The van der Waals surface area contributed by atoms with E-state index in [1.807, 2.05) is 24.3 Å². The molecule has 2 aromatic carbocycles. The van der Waals surface area contributed by atoms with E-state index in [1.165, 1.54) is 6.07 Å².